The number of carbonyl (C=O) groups excluding carboxylic acids is 2. The van der Waals surface area contributed by atoms with Crippen molar-refractivity contribution >= 4 is 59.3 Å². The first-order valence-corrected chi connectivity index (χ1v) is 11.1. The summed E-state index contributed by atoms with van der Waals surface area (Å²) in [5.74, 6) is 1.23. The first-order valence-electron chi connectivity index (χ1n) is 10.4. The standard InChI is InChI=1S/C20H21Cl2N8O3.ClH/c1-27-16-15(18(31)28(2)20(27)32)30(19(24-16)29-7-5-23-6-8-29)10-14-25-26-17(33-14)11-3-4-12(21)13(22)9-11;/h3-4,9,15,23H,5-8,10H2,1-2H3;1H/q+1;. The number of hydrogen-bond donors (Lipinski definition) is 1. The lowest BCUT2D eigenvalue weighted by molar-refractivity contribution is -0.537. The van der Waals surface area contributed by atoms with E-state index in [1.54, 1.807) is 25.2 Å². The normalized spacial score (nSPS) is 20.5. The zero-order valence-corrected chi connectivity index (χ0v) is 20.7. The minimum atomic E-state index is -0.761. The van der Waals surface area contributed by atoms with Gasteiger partial charge in [-0.25, -0.2) is 9.69 Å². The molecule has 11 nitrogen and oxygen atoms in total. The van der Waals surface area contributed by atoms with E-state index in [0.717, 1.165) is 31.1 Å². The van der Waals surface area contributed by atoms with Crippen LogP contribution in [0.25, 0.3) is 11.5 Å². The first-order chi connectivity index (χ1) is 15.8. The monoisotopic (exact) mass is 527 g/mol. The molecular weight excluding hydrogens is 507 g/mol. The number of carbonyl (C=O) groups is 2. The van der Waals surface area contributed by atoms with Gasteiger partial charge in [-0.05, 0) is 18.2 Å². The zero-order chi connectivity index (χ0) is 23.3. The van der Waals surface area contributed by atoms with Crippen LogP contribution in [-0.2, 0) is 11.3 Å². The highest BCUT2D eigenvalue weighted by Crippen LogP contribution is 2.29. The van der Waals surface area contributed by atoms with Crippen LogP contribution in [0.3, 0.4) is 0 Å². The Morgan fingerprint density at radius 1 is 1.12 bits per heavy atom. The van der Waals surface area contributed by atoms with Crippen molar-refractivity contribution in [1.29, 1.82) is 0 Å². The minimum absolute atomic E-state index is 0. The highest BCUT2D eigenvalue weighted by atomic mass is 35.5. The fourth-order valence-electron chi connectivity index (χ4n) is 4.07. The number of piperazine rings is 1. The molecule has 3 amide bonds. The number of benzene rings is 1. The van der Waals surface area contributed by atoms with Gasteiger partial charge in [0.15, 0.2) is 0 Å². The number of imide groups is 1. The van der Waals surface area contributed by atoms with Crippen LogP contribution in [-0.4, -0.2) is 99.5 Å². The third-order valence-electron chi connectivity index (χ3n) is 5.85. The smallest absolute Gasteiger partial charge is 0.392 e. The topological polar surface area (TPSA) is 110 Å². The van der Waals surface area contributed by atoms with Crippen molar-refractivity contribution in [3.8, 4) is 11.5 Å². The number of nitrogens with zero attached hydrogens (tertiary/aromatic N) is 7. The number of urea groups is 1. The number of nitrogens with one attached hydrogen (secondary N) is 1. The van der Waals surface area contributed by atoms with Crippen LogP contribution in [0, 0.1) is 0 Å². The Bertz CT molecular complexity index is 1210. The summed E-state index contributed by atoms with van der Waals surface area (Å²) in [6, 6.07) is 3.86. The third kappa shape index (κ3) is 4.13. The van der Waals surface area contributed by atoms with E-state index in [0.29, 0.717) is 33.3 Å². The van der Waals surface area contributed by atoms with E-state index in [1.807, 2.05) is 4.90 Å². The predicted molar refractivity (Wildman–Crippen MR) is 128 cm³/mol. The molecule has 2 fully saturated rings. The quantitative estimate of drug-likeness (QED) is 0.602. The average molecular weight is 529 g/mol. The summed E-state index contributed by atoms with van der Waals surface area (Å²) < 4.78 is 7.97. The van der Waals surface area contributed by atoms with Gasteiger partial charge in [-0.2, -0.15) is 0 Å². The van der Waals surface area contributed by atoms with E-state index in [4.69, 9.17) is 32.6 Å². The molecule has 0 saturated carbocycles. The van der Waals surface area contributed by atoms with E-state index in [1.165, 1.54) is 11.9 Å². The lowest BCUT2D eigenvalue weighted by Gasteiger charge is -2.32. The number of amidine groups is 1. The average Bonchev–Trinajstić information content (AvgIpc) is 3.44. The molecule has 4 heterocycles. The van der Waals surface area contributed by atoms with Crippen LogP contribution in [0.1, 0.15) is 5.89 Å². The van der Waals surface area contributed by atoms with Gasteiger partial charge < -0.3 is 9.73 Å². The second kappa shape index (κ2) is 9.49. The largest absolute Gasteiger partial charge is 0.417 e. The maximum absolute atomic E-state index is 13.1. The molecule has 2 saturated heterocycles. The predicted octanol–water partition coefficient (Wildman–Crippen LogP) is 1.54. The SMILES string of the molecule is CN1C(=O)C2C(=NC(=[N+]3CCNCC3)N2Cc2nnc(-c3ccc(Cl)c(Cl)c3)o2)N(C)C1=O.Cl. The van der Waals surface area contributed by atoms with Crippen molar-refractivity contribution in [2.45, 2.75) is 12.6 Å². The van der Waals surface area contributed by atoms with Crippen molar-refractivity contribution in [2.24, 2.45) is 4.99 Å². The second-order valence-electron chi connectivity index (χ2n) is 7.91. The van der Waals surface area contributed by atoms with Crippen LogP contribution in [0.15, 0.2) is 27.6 Å². The molecule has 0 aliphatic carbocycles. The molecular formula is C20H22Cl3N8O3+. The van der Waals surface area contributed by atoms with Gasteiger partial charge in [-0.15, -0.1) is 22.6 Å². The van der Waals surface area contributed by atoms with E-state index >= 15 is 0 Å². The number of fused-ring (bicyclic) bond motifs is 1. The van der Waals surface area contributed by atoms with Crippen LogP contribution < -0.4 is 5.32 Å². The van der Waals surface area contributed by atoms with Crippen LogP contribution in [0.4, 0.5) is 4.79 Å². The van der Waals surface area contributed by atoms with Crippen LogP contribution in [0.5, 0.6) is 0 Å². The fraction of sp³-hybridized carbons (Fsp3) is 0.400. The summed E-state index contributed by atoms with van der Waals surface area (Å²) in [4.78, 5) is 34.6. The van der Waals surface area contributed by atoms with E-state index in [9.17, 15) is 9.59 Å². The molecule has 0 bridgehead atoms. The Morgan fingerprint density at radius 3 is 2.56 bits per heavy atom. The summed E-state index contributed by atoms with van der Waals surface area (Å²) >= 11 is 12.1. The van der Waals surface area contributed by atoms with E-state index in [-0.39, 0.29) is 30.7 Å². The molecule has 3 aliphatic heterocycles. The van der Waals surface area contributed by atoms with E-state index < -0.39 is 12.1 Å². The van der Waals surface area contributed by atoms with Crippen LogP contribution >= 0.6 is 35.6 Å². The highest BCUT2D eigenvalue weighted by Gasteiger charge is 2.55. The second-order valence-corrected chi connectivity index (χ2v) is 8.72. The van der Waals surface area contributed by atoms with E-state index in [2.05, 4.69) is 20.1 Å². The van der Waals surface area contributed by atoms with Gasteiger partial charge in [0.2, 0.25) is 17.8 Å². The zero-order valence-electron chi connectivity index (χ0n) is 18.4. The Kier molecular flexibility index (Phi) is 6.81. The number of amides is 3. The van der Waals surface area contributed by atoms with Crippen molar-refractivity contribution in [3.05, 3.63) is 34.1 Å². The molecule has 5 rings (SSSR count). The lowest BCUT2D eigenvalue weighted by atomic mass is 10.1. The van der Waals surface area contributed by atoms with Gasteiger partial charge in [0.1, 0.15) is 6.54 Å². The highest BCUT2D eigenvalue weighted by molar-refractivity contribution is 6.42. The van der Waals surface area contributed by atoms with Crippen molar-refractivity contribution in [2.75, 3.05) is 40.3 Å². The van der Waals surface area contributed by atoms with Crippen molar-refractivity contribution in [3.63, 3.8) is 0 Å². The number of rotatable bonds is 3. The van der Waals surface area contributed by atoms with Crippen LogP contribution in [0.2, 0.25) is 10.0 Å². The van der Waals surface area contributed by atoms with Gasteiger partial charge in [-0.1, -0.05) is 28.2 Å². The Balaban J connectivity index is 0.00000274. The molecule has 1 aromatic heterocycles. The first kappa shape index (κ1) is 24.4. The molecule has 0 spiro atoms. The van der Waals surface area contributed by atoms with Gasteiger partial charge in [0.05, 0.1) is 23.1 Å². The van der Waals surface area contributed by atoms with Crippen molar-refractivity contribution < 1.29 is 18.6 Å². The minimum Gasteiger partial charge on any atom is -0.417 e. The summed E-state index contributed by atoms with van der Waals surface area (Å²) in [6.07, 6.45) is 0. The summed E-state index contributed by atoms with van der Waals surface area (Å²) in [6.45, 7) is 3.16. The van der Waals surface area contributed by atoms with Crippen molar-refractivity contribution in [1.82, 2.24) is 30.2 Å². The third-order valence-corrected chi connectivity index (χ3v) is 6.59. The Hall–Kier alpha value is -2.73. The molecule has 34 heavy (non-hydrogen) atoms. The van der Waals surface area contributed by atoms with Gasteiger partial charge in [-0.3, -0.25) is 19.2 Å². The molecule has 3 aliphatic rings. The number of guanidine groups is 1. The molecule has 14 heteroatoms. The molecule has 1 atom stereocenters. The lowest BCUT2D eigenvalue weighted by Crippen LogP contribution is -2.62. The number of aromatic nitrogens is 2. The number of aliphatic imine (C=N–C) groups is 1. The molecule has 1 aromatic carbocycles. The van der Waals surface area contributed by atoms with Gasteiger partial charge in [0, 0.05) is 32.7 Å². The maximum Gasteiger partial charge on any atom is 0.392 e. The maximum atomic E-state index is 13.1. The molecule has 2 aromatic rings. The molecule has 180 valence electrons. The Labute approximate surface area is 211 Å². The summed E-state index contributed by atoms with van der Waals surface area (Å²) in [5, 5.41) is 12.4. The molecule has 1 unspecified atom stereocenters. The summed E-state index contributed by atoms with van der Waals surface area (Å²) in [7, 11) is 3.08. The number of halogens is 3. The fourth-order valence-corrected chi connectivity index (χ4v) is 4.37. The Morgan fingerprint density at radius 2 is 1.85 bits per heavy atom. The number of likely N-dealkylation sites (N-methyl/N-ethyl adjacent to an activating group) is 2. The van der Waals surface area contributed by atoms with Gasteiger partial charge in [0.25, 0.3) is 11.8 Å². The number of hydrogen-bond acceptors (Lipinski definition) is 6. The molecule has 1 N–H and O–H groups in total. The molecule has 0 radical (unpaired) electrons. The van der Waals surface area contributed by atoms with Gasteiger partial charge >= 0.3 is 12.0 Å². The summed E-state index contributed by atoms with van der Waals surface area (Å²) in [5.41, 5.74) is 0.631.